The fourth-order valence-corrected chi connectivity index (χ4v) is 1.58. The summed E-state index contributed by atoms with van der Waals surface area (Å²) in [5.41, 5.74) is 1.10. The van der Waals surface area contributed by atoms with Gasteiger partial charge in [-0.2, -0.15) is 10.1 Å². The van der Waals surface area contributed by atoms with Crippen LogP contribution in [0.25, 0.3) is 10.9 Å². The minimum atomic E-state index is 0.115. The smallest absolute Gasteiger partial charge is 0.264 e. The Bertz CT molecular complexity index is 707. The van der Waals surface area contributed by atoms with Gasteiger partial charge in [-0.1, -0.05) is 0 Å². The molecule has 2 N–H and O–H groups in total. The maximum Gasteiger partial charge on any atom is 0.264 e. The number of fused-ring (bicyclic) bond motifs is 1. The van der Waals surface area contributed by atoms with E-state index in [0.29, 0.717) is 17.2 Å². The number of aromatic nitrogens is 4. The summed E-state index contributed by atoms with van der Waals surface area (Å²) < 4.78 is 0. The molecule has 2 aromatic heterocycles. The molecular weight excluding hydrogens is 232 g/mol. The van der Waals surface area contributed by atoms with Gasteiger partial charge in [0.05, 0.1) is 5.69 Å². The van der Waals surface area contributed by atoms with Gasteiger partial charge in [-0.25, -0.2) is 5.10 Å². The second-order valence-electron chi connectivity index (χ2n) is 3.51. The first-order valence-electron chi connectivity index (χ1n) is 5.18. The molecule has 0 saturated heterocycles. The topological polar surface area (TPSA) is 99.4 Å². The number of phenols is 1. The third-order valence-electron chi connectivity index (χ3n) is 2.38. The van der Waals surface area contributed by atoms with Gasteiger partial charge >= 0.3 is 0 Å². The van der Waals surface area contributed by atoms with Gasteiger partial charge in [0.2, 0.25) is 0 Å². The van der Waals surface area contributed by atoms with Crippen molar-refractivity contribution in [2.75, 3.05) is 0 Å². The number of azo groups is 1. The fraction of sp³-hybridized carbons (Fsp3) is 0. The number of H-pyrrole nitrogens is 1. The fourth-order valence-electron chi connectivity index (χ4n) is 1.58. The Hall–Kier alpha value is -2.83. The average molecular weight is 240 g/mol. The van der Waals surface area contributed by atoms with E-state index in [4.69, 9.17) is 0 Å². The second kappa shape index (κ2) is 4.21. The molecule has 0 spiro atoms. The van der Waals surface area contributed by atoms with Crippen molar-refractivity contribution in [2.24, 2.45) is 10.2 Å². The van der Waals surface area contributed by atoms with E-state index >= 15 is 0 Å². The van der Waals surface area contributed by atoms with Gasteiger partial charge in [0.15, 0.2) is 0 Å². The van der Waals surface area contributed by atoms with Crippen LogP contribution in [0, 0.1) is 0 Å². The molecule has 18 heavy (non-hydrogen) atoms. The lowest BCUT2D eigenvalue weighted by Gasteiger charge is -2.01. The average Bonchev–Trinajstić information content (AvgIpc) is 2.92. The van der Waals surface area contributed by atoms with Crippen LogP contribution in [0.3, 0.4) is 0 Å². The molecule has 1 aromatic carbocycles. The summed E-state index contributed by atoms with van der Waals surface area (Å²) in [6, 6.07) is 6.79. The summed E-state index contributed by atoms with van der Waals surface area (Å²) >= 11 is 0. The molecule has 3 aromatic rings. The molecule has 0 radical (unpaired) electrons. The zero-order chi connectivity index (χ0) is 12.4. The number of aromatic amines is 1. The van der Waals surface area contributed by atoms with Crippen molar-refractivity contribution in [1.82, 2.24) is 20.2 Å². The number of benzene rings is 1. The zero-order valence-corrected chi connectivity index (χ0v) is 9.15. The third kappa shape index (κ3) is 1.77. The number of nitrogens with one attached hydrogen (secondary N) is 1. The highest BCUT2D eigenvalue weighted by Crippen LogP contribution is 2.31. The van der Waals surface area contributed by atoms with Gasteiger partial charge in [-0.05, 0) is 24.3 Å². The van der Waals surface area contributed by atoms with Crippen molar-refractivity contribution in [1.29, 1.82) is 0 Å². The third-order valence-corrected chi connectivity index (χ3v) is 2.38. The summed E-state index contributed by atoms with van der Waals surface area (Å²) in [5, 5.41) is 24.6. The monoisotopic (exact) mass is 240 g/mol. The zero-order valence-electron chi connectivity index (χ0n) is 9.15. The Morgan fingerprint density at radius 1 is 1.11 bits per heavy atom. The summed E-state index contributed by atoms with van der Waals surface area (Å²) in [6.07, 6.45) is 2.96. The van der Waals surface area contributed by atoms with Crippen molar-refractivity contribution in [3.05, 3.63) is 36.8 Å². The number of pyridine rings is 1. The first-order chi connectivity index (χ1) is 8.84. The molecule has 7 nitrogen and oxygen atoms in total. The van der Waals surface area contributed by atoms with Crippen LogP contribution < -0.4 is 0 Å². The molecule has 0 saturated carbocycles. The minimum Gasteiger partial charge on any atom is -0.506 e. The van der Waals surface area contributed by atoms with Crippen LogP contribution in [0.1, 0.15) is 0 Å². The van der Waals surface area contributed by atoms with Crippen molar-refractivity contribution >= 4 is 22.5 Å². The highest BCUT2D eigenvalue weighted by molar-refractivity contribution is 5.93. The number of hydrogen-bond acceptors (Lipinski definition) is 6. The summed E-state index contributed by atoms with van der Waals surface area (Å²) in [6.45, 7) is 0. The van der Waals surface area contributed by atoms with E-state index in [9.17, 15) is 5.11 Å². The Labute approximate surface area is 101 Å². The minimum absolute atomic E-state index is 0.115. The Balaban J connectivity index is 2.10. The van der Waals surface area contributed by atoms with Gasteiger partial charge in [-0.15, -0.1) is 10.2 Å². The standard InChI is InChI=1S/C11H8N6O/c18-9-4-3-8(7-2-1-5-12-10(7)9)15-17-11-13-6-14-16-11/h1-6,18H,(H,13,14,16). The van der Waals surface area contributed by atoms with Gasteiger partial charge in [-0.3, -0.25) is 4.98 Å². The second-order valence-corrected chi connectivity index (χ2v) is 3.51. The largest absolute Gasteiger partial charge is 0.506 e. The van der Waals surface area contributed by atoms with Gasteiger partial charge in [0.1, 0.15) is 17.6 Å². The van der Waals surface area contributed by atoms with E-state index in [2.05, 4.69) is 30.4 Å². The molecule has 2 heterocycles. The maximum absolute atomic E-state index is 9.68. The lowest BCUT2D eigenvalue weighted by Crippen LogP contribution is -1.79. The van der Waals surface area contributed by atoms with E-state index in [1.165, 1.54) is 12.4 Å². The number of nitrogens with zero attached hydrogens (tertiary/aromatic N) is 5. The molecule has 0 aliphatic carbocycles. The van der Waals surface area contributed by atoms with E-state index in [0.717, 1.165) is 5.39 Å². The lowest BCUT2D eigenvalue weighted by molar-refractivity contribution is 0.480. The van der Waals surface area contributed by atoms with Crippen LogP contribution in [-0.4, -0.2) is 25.3 Å². The molecule has 0 atom stereocenters. The quantitative estimate of drug-likeness (QED) is 0.672. The van der Waals surface area contributed by atoms with E-state index in [-0.39, 0.29) is 5.75 Å². The molecule has 0 aliphatic heterocycles. The van der Waals surface area contributed by atoms with Crippen LogP contribution >= 0.6 is 0 Å². The van der Waals surface area contributed by atoms with Gasteiger partial charge in [0, 0.05) is 11.6 Å². The predicted octanol–water partition coefficient (Wildman–Crippen LogP) is 2.47. The van der Waals surface area contributed by atoms with Crippen LogP contribution in [-0.2, 0) is 0 Å². The van der Waals surface area contributed by atoms with Crippen molar-refractivity contribution < 1.29 is 5.11 Å². The number of hydrogen-bond donors (Lipinski definition) is 2. The van der Waals surface area contributed by atoms with Crippen molar-refractivity contribution in [2.45, 2.75) is 0 Å². The van der Waals surface area contributed by atoms with Crippen LogP contribution in [0.2, 0.25) is 0 Å². The molecule has 0 unspecified atom stereocenters. The normalized spacial score (nSPS) is 11.3. The molecule has 3 rings (SSSR count). The van der Waals surface area contributed by atoms with Gasteiger partial charge < -0.3 is 5.11 Å². The lowest BCUT2D eigenvalue weighted by atomic mass is 10.2. The first-order valence-corrected chi connectivity index (χ1v) is 5.18. The summed E-state index contributed by atoms with van der Waals surface area (Å²) in [7, 11) is 0. The molecular formula is C11H8N6O. The number of phenolic OH excluding ortho intramolecular Hbond substituents is 1. The molecule has 0 aliphatic rings. The predicted molar refractivity (Wildman–Crippen MR) is 64.0 cm³/mol. The van der Waals surface area contributed by atoms with Crippen molar-refractivity contribution in [3.63, 3.8) is 0 Å². The Morgan fingerprint density at radius 3 is 2.89 bits per heavy atom. The first kappa shape index (κ1) is 10.3. The van der Waals surface area contributed by atoms with E-state index in [1.54, 1.807) is 18.3 Å². The molecule has 0 fully saturated rings. The molecule has 7 heteroatoms. The highest BCUT2D eigenvalue weighted by Gasteiger charge is 2.05. The highest BCUT2D eigenvalue weighted by atomic mass is 16.3. The van der Waals surface area contributed by atoms with Crippen LogP contribution in [0.15, 0.2) is 47.0 Å². The van der Waals surface area contributed by atoms with Crippen LogP contribution in [0.4, 0.5) is 11.6 Å². The molecule has 0 amide bonds. The van der Waals surface area contributed by atoms with E-state index in [1.807, 2.05) is 6.07 Å². The Morgan fingerprint density at radius 2 is 2.06 bits per heavy atom. The number of aromatic hydroxyl groups is 1. The number of rotatable bonds is 2. The summed E-state index contributed by atoms with van der Waals surface area (Å²) in [4.78, 5) is 7.94. The molecule has 0 bridgehead atoms. The van der Waals surface area contributed by atoms with Crippen LogP contribution in [0.5, 0.6) is 5.75 Å². The SMILES string of the molecule is Oc1ccc(N=Nc2ncn[nH]2)c2cccnc12. The van der Waals surface area contributed by atoms with E-state index < -0.39 is 0 Å². The van der Waals surface area contributed by atoms with Crippen molar-refractivity contribution in [3.8, 4) is 5.75 Å². The summed E-state index contributed by atoms with van der Waals surface area (Å²) in [5.74, 6) is 0.435. The Kier molecular flexibility index (Phi) is 2.41. The molecule has 88 valence electrons. The van der Waals surface area contributed by atoms with Gasteiger partial charge in [0.25, 0.3) is 5.95 Å². The maximum atomic E-state index is 9.68.